The number of aryl methyl sites for hydroxylation is 3. The van der Waals surface area contributed by atoms with E-state index in [-0.39, 0.29) is 30.1 Å². The Bertz CT molecular complexity index is 1700. The van der Waals surface area contributed by atoms with Gasteiger partial charge in [0.2, 0.25) is 5.91 Å². The van der Waals surface area contributed by atoms with Crippen molar-refractivity contribution >= 4 is 34.6 Å². The Hall–Kier alpha value is -4.77. The van der Waals surface area contributed by atoms with Crippen molar-refractivity contribution in [3.8, 4) is 11.4 Å². The van der Waals surface area contributed by atoms with Crippen LogP contribution in [0.15, 0.2) is 66.9 Å². The molecule has 1 saturated heterocycles. The molecule has 0 spiro atoms. The average Bonchev–Trinajstić information content (AvgIpc) is 3.47. The van der Waals surface area contributed by atoms with Gasteiger partial charge in [-0.3, -0.25) is 19.9 Å². The molecule has 0 radical (unpaired) electrons. The number of carbonyl (C=O) groups excluding carboxylic acids is 1. The lowest BCUT2D eigenvalue weighted by Crippen LogP contribution is -2.33. The second-order valence-electron chi connectivity index (χ2n) is 10.7. The number of thiocarbonyl (C=S) groups is 1. The van der Waals surface area contributed by atoms with Crippen LogP contribution in [0.2, 0.25) is 0 Å². The number of nitrogens with zero attached hydrogens (tertiary/aromatic N) is 4. The topological polar surface area (TPSA) is 115 Å². The van der Waals surface area contributed by atoms with Gasteiger partial charge in [0.1, 0.15) is 5.75 Å². The van der Waals surface area contributed by atoms with Crippen LogP contribution in [-0.4, -0.2) is 44.0 Å². The van der Waals surface area contributed by atoms with Crippen LogP contribution >= 0.6 is 12.2 Å². The Morgan fingerprint density at radius 2 is 1.91 bits per heavy atom. The van der Waals surface area contributed by atoms with Crippen molar-refractivity contribution in [2.75, 3.05) is 19.0 Å². The van der Waals surface area contributed by atoms with Crippen molar-refractivity contribution in [1.82, 2.24) is 19.8 Å². The van der Waals surface area contributed by atoms with E-state index in [0.29, 0.717) is 23.1 Å². The third-order valence-corrected chi connectivity index (χ3v) is 8.20. The standard InChI is InChI=1S/C32H34N6O4S/c1-19-9-10-20(2)26(16-19)34-29(39)13-15-36-31(30(35-32(36)43)25-8-6-7-14-33-25)24-17-21(3)37(22(24)4)27-12-11-23(38(40)41)18-28(27)42-5/h6-12,14,16-18,30-31H,13,15H2,1-5H3,(H,34,39)(H,35,43). The largest absolute Gasteiger partial charge is 0.494 e. The lowest BCUT2D eigenvalue weighted by Gasteiger charge is -2.28. The van der Waals surface area contributed by atoms with Crippen LogP contribution in [0.25, 0.3) is 5.69 Å². The quantitative estimate of drug-likeness (QED) is 0.137. The highest BCUT2D eigenvalue weighted by molar-refractivity contribution is 7.80. The number of hydrogen-bond donors (Lipinski definition) is 2. The highest BCUT2D eigenvalue weighted by Gasteiger charge is 2.41. The van der Waals surface area contributed by atoms with E-state index in [1.54, 1.807) is 12.3 Å². The molecule has 2 aromatic heterocycles. The van der Waals surface area contributed by atoms with Crippen molar-refractivity contribution in [1.29, 1.82) is 0 Å². The third-order valence-electron chi connectivity index (χ3n) is 7.85. The molecule has 2 aromatic carbocycles. The van der Waals surface area contributed by atoms with E-state index in [0.717, 1.165) is 39.5 Å². The molecule has 2 atom stereocenters. The normalized spacial score (nSPS) is 16.2. The molecular weight excluding hydrogens is 564 g/mol. The number of nitrogens with one attached hydrogen (secondary N) is 2. The number of rotatable bonds is 9. The summed E-state index contributed by atoms with van der Waals surface area (Å²) in [6.45, 7) is 8.34. The van der Waals surface area contributed by atoms with Crippen LogP contribution in [0, 0.1) is 37.8 Å². The van der Waals surface area contributed by atoms with Crippen LogP contribution in [-0.2, 0) is 4.79 Å². The fraction of sp³-hybridized carbons (Fsp3) is 0.281. The second-order valence-corrected chi connectivity index (χ2v) is 11.1. The van der Waals surface area contributed by atoms with Crippen LogP contribution in [0.4, 0.5) is 11.4 Å². The summed E-state index contributed by atoms with van der Waals surface area (Å²) in [5.74, 6) is 0.293. The molecule has 5 rings (SSSR count). The number of anilines is 1. The van der Waals surface area contributed by atoms with Crippen LogP contribution < -0.4 is 15.4 Å². The zero-order chi connectivity index (χ0) is 30.8. The number of benzene rings is 2. The van der Waals surface area contributed by atoms with Crippen molar-refractivity contribution < 1.29 is 14.5 Å². The third kappa shape index (κ3) is 5.94. The first-order chi connectivity index (χ1) is 20.6. The zero-order valence-corrected chi connectivity index (χ0v) is 25.6. The van der Waals surface area contributed by atoms with Gasteiger partial charge < -0.3 is 24.8 Å². The maximum Gasteiger partial charge on any atom is 0.273 e. The second kappa shape index (κ2) is 12.2. The van der Waals surface area contributed by atoms with Crippen LogP contribution in [0.3, 0.4) is 0 Å². The van der Waals surface area contributed by atoms with Crippen molar-refractivity contribution in [3.05, 3.63) is 111 Å². The molecule has 1 fully saturated rings. The van der Waals surface area contributed by atoms with Gasteiger partial charge in [-0.25, -0.2) is 0 Å². The SMILES string of the molecule is COc1cc([N+](=O)[O-])ccc1-n1c(C)cc(C2C(c3ccccn3)NC(=S)N2CCC(=O)Nc2cc(C)ccc2C)c1C. The fourth-order valence-corrected chi connectivity index (χ4v) is 6.04. The summed E-state index contributed by atoms with van der Waals surface area (Å²) < 4.78 is 7.60. The lowest BCUT2D eigenvalue weighted by atomic mass is 9.96. The van der Waals surface area contributed by atoms with Gasteiger partial charge in [0.25, 0.3) is 5.69 Å². The van der Waals surface area contributed by atoms with E-state index in [4.69, 9.17) is 17.0 Å². The average molecular weight is 599 g/mol. The van der Waals surface area contributed by atoms with Gasteiger partial charge in [0, 0.05) is 42.3 Å². The predicted molar refractivity (Wildman–Crippen MR) is 170 cm³/mol. The van der Waals surface area contributed by atoms with E-state index in [1.165, 1.54) is 19.2 Å². The summed E-state index contributed by atoms with van der Waals surface area (Å²) in [4.78, 5) is 30.7. The molecule has 3 heterocycles. The van der Waals surface area contributed by atoms with Gasteiger partial charge in [-0.15, -0.1) is 0 Å². The summed E-state index contributed by atoms with van der Waals surface area (Å²) >= 11 is 5.83. The van der Waals surface area contributed by atoms with Crippen molar-refractivity contribution in [3.63, 3.8) is 0 Å². The van der Waals surface area contributed by atoms with Gasteiger partial charge in [-0.2, -0.15) is 0 Å². The van der Waals surface area contributed by atoms with Gasteiger partial charge in [0.05, 0.1) is 41.6 Å². The van der Waals surface area contributed by atoms with E-state index >= 15 is 0 Å². The number of pyridine rings is 1. The summed E-state index contributed by atoms with van der Waals surface area (Å²) in [5, 5.41) is 18.4. The summed E-state index contributed by atoms with van der Waals surface area (Å²) in [7, 11) is 1.50. The highest BCUT2D eigenvalue weighted by atomic mass is 32.1. The Morgan fingerprint density at radius 1 is 1.12 bits per heavy atom. The smallest absolute Gasteiger partial charge is 0.273 e. The summed E-state index contributed by atoms with van der Waals surface area (Å²) in [6, 6.07) is 17.9. The number of hydrogen-bond acceptors (Lipinski definition) is 6. The van der Waals surface area contributed by atoms with E-state index in [2.05, 4.69) is 26.6 Å². The molecule has 10 nitrogen and oxygen atoms in total. The lowest BCUT2D eigenvalue weighted by molar-refractivity contribution is -0.384. The number of aromatic nitrogens is 2. The molecule has 2 unspecified atom stereocenters. The van der Waals surface area contributed by atoms with E-state index in [1.807, 2.05) is 68.7 Å². The molecule has 1 amide bonds. The fourth-order valence-electron chi connectivity index (χ4n) is 5.71. The molecule has 222 valence electrons. The van der Waals surface area contributed by atoms with Crippen molar-refractivity contribution in [2.24, 2.45) is 0 Å². The number of nitro groups is 1. The first-order valence-electron chi connectivity index (χ1n) is 14.0. The number of ether oxygens (including phenoxy) is 1. The number of nitro benzene ring substituents is 1. The van der Waals surface area contributed by atoms with Crippen molar-refractivity contribution in [2.45, 2.75) is 46.2 Å². The Labute approximate surface area is 255 Å². The molecule has 0 aliphatic carbocycles. The van der Waals surface area contributed by atoms with Crippen LogP contribution in [0.5, 0.6) is 5.75 Å². The Morgan fingerprint density at radius 3 is 2.60 bits per heavy atom. The van der Waals surface area contributed by atoms with E-state index < -0.39 is 4.92 Å². The minimum Gasteiger partial charge on any atom is -0.494 e. The number of methoxy groups -OCH3 is 1. The van der Waals surface area contributed by atoms with Gasteiger partial charge in [-0.05, 0) is 86.9 Å². The van der Waals surface area contributed by atoms with Gasteiger partial charge >= 0.3 is 0 Å². The van der Waals surface area contributed by atoms with E-state index in [9.17, 15) is 14.9 Å². The maximum atomic E-state index is 13.1. The minimum atomic E-state index is -0.440. The minimum absolute atomic E-state index is 0.0471. The number of amides is 1. The summed E-state index contributed by atoms with van der Waals surface area (Å²) in [5.41, 5.74) is 7.19. The van der Waals surface area contributed by atoms with Gasteiger partial charge in [-0.1, -0.05) is 18.2 Å². The molecule has 0 saturated carbocycles. The molecular formula is C32H34N6O4S. The summed E-state index contributed by atoms with van der Waals surface area (Å²) in [6.07, 6.45) is 1.98. The molecule has 1 aliphatic rings. The molecule has 4 aromatic rings. The van der Waals surface area contributed by atoms with Crippen LogP contribution in [0.1, 0.15) is 52.3 Å². The first-order valence-corrected chi connectivity index (χ1v) is 14.4. The molecule has 2 N–H and O–H groups in total. The molecule has 1 aliphatic heterocycles. The van der Waals surface area contributed by atoms with Gasteiger partial charge in [0.15, 0.2) is 5.11 Å². The Balaban J connectivity index is 1.50. The molecule has 11 heteroatoms. The highest BCUT2D eigenvalue weighted by Crippen LogP contribution is 2.42. The molecule has 43 heavy (non-hydrogen) atoms. The maximum absolute atomic E-state index is 13.1. The number of carbonyl (C=O) groups is 1. The molecule has 0 bridgehead atoms. The number of non-ortho nitro benzene ring substituents is 1. The first kappa shape index (κ1) is 29.7. The Kier molecular flexibility index (Phi) is 8.45. The monoisotopic (exact) mass is 598 g/mol. The zero-order valence-electron chi connectivity index (χ0n) is 24.7. The predicted octanol–water partition coefficient (Wildman–Crippen LogP) is 6.02.